The van der Waals surface area contributed by atoms with E-state index in [2.05, 4.69) is 15.9 Å². The second-order valence-electron chi connectivity index (χ2n) is 2.94. The molecular weight excluding hydrogens is 296 g/mol. The smallest absolute Gasteiger partial charge is 0.349 e. The lowest BCUT2D eigenvalue weighted by Gasteiger charge is -2.19. The number of halogens is 1. The van der Waals surface area contributed by atoms with Crippen molar-refractivity contribution >= 4 is 33.8 Å². The number of hydrogen-bond acceptors (Lipinski definition) is 6. The average molecular weight is 311 g/mol. The van der Waals surface area contributed by atoms with Crippen LogP contribution in [0.2, 0.25) is 0 Å². The third kappa shape index (κ3) is 5.67. The molecule has 0 fully saturated rings. The van der Waals surface area contributed by atoms with Crippen molar-refractivity contribution in [2.75, 3.05) is 13.2 Å². The third-order valence-corrected chi connectivity index (χ3v) is 2.44. The van der Waals surface area contributed by atoms with Crippen molar-refractivity contribution in [3.63, 3.8) is 0 Å². The van der Waals surface area contributed by atoms with Crippen LogP contribution in [0.4, 0.5) is 0 Å². The largest absolute Gasteiger partial charge is 0.465 e. The van der Waals surface area contributed by atoms with Gasteiger partial charge in [0.1, 0.15) is 0 Å². The summed E-state index contributed by atoms with van der Waals surface area (Å²) in [5.41, 5.74) is 0. The molecule has 0 bridgehead atoms. The molecule has 6 nitrogen and oxygen atoms in total. The molecule has 0 aromatic rings. The lowest BCUT2D eigenvalue weighted by atomic mass is 10.2. The van der Waals surface area contributed by atoms with Crippen molar-refractivity contribution in [2.24, 2.45) is 0 Å². The molecule has 0 amide bonds. The fourth-order valence-corrected chi connectivity index (χ4v) is 1.43. The number of rotatable bonds is 6. The molecule has 0 aromatic carbocycles. The predicted octanol–water partition coefficient (Wildman–Crippen LogP) is 0.808. The van der Waals surface area contributed by atoms with Gasteiger partial charge >= 0.3 is 17.9 Å². The Morgan fingerprint density at radius 1 is 1.06 bits per heavy atom. The first-order valence-electron chi connectivity index (χ1n) is 5.08. The molecule has 7 heteroatoms. The molecule has 98 valence electrons. The Morgan fingerprint density at radius 2 is 1.53 bits per heavy atom. The lowest BCUT2D eigenvalue weighted by molar-refractivity contribution is -0.169. The lowest BCUT2D eigenvalue weighted by Crippen LogP contribution is -2.41. The molecule has 0 aliphatic heterocycles. The molecule has 0 rings (SSSR count). The van der Waals surface area contributed by atoms with E-state index in [-0.39, 0.29) is 13.2 Å². The summed E-state index contributed by atoms with van der Waals surface area (Å²) in [6.45, 7) is 4.66. The molecular formula is C10H15BrO6. The van der Waals surface area contributed by atoms with Gasteiger partial charge in [-0.05, 0) is 13.8 Å². The minimum atomic E-state index is -1.34. The van der Waals surface area contributed by atoms with E-state index in [0.717, 1.165) is 6.92 Å². The van der Waals surface area contributed by atoms with Crippen LogP contribution in [0, 0.1) is 0 Å². The predicted molar refractivity (Wildman–Crippen MR) is 61.5 cm³/mol. The molecule has 0 radical (unpaired) electrons. The molecule has 2 unspecified atom stereocenters. The van der Waals surface area contributed by atoms with E-state index in [9.17, 15) is 14.4 Å². The molecule has 2 atom stereocenters. The quantitative estimate of drug-likeness (QED) is 0.410. The summed E-state index contributed by atoms with van der Waals surface area (Å²) in [6, 6.07) is 0. The van der Waals surface area contributed by atoms with Crippen LogP contribution < -0.4 is 0 Å². The van der Waals surface area contributed by atoms with E-state index in [1.54, 1.807) is 13.8 Å². The summed E-state index contributed by atoms with van der Waals surface area (Å²) in [4.78, 5) is 32.7. The number of carbonyl (C=O) groups excluding carboxylic acids is 3. The summed E-state index contributed by atoms with van der Waals surface area (Å²) in [5.74, 6) is -2.17. The minimum Gasteiger partial charge on any atom is -0.465 e. The van der Waals surface area contributed by atoms with Crippen LogP contribution >= 0.6 is 15.9 Å². The highest BCUT2D eigenvalue weighted by Gasteiger charge is 2.36. The van der Waals surface area contributed by atoms with E-state index < -0.39 is 28.8 Å². The molecule has 0 saturated carbocycles. The summed E-state index contributed by atoms with van der Waals surface area (Å²) >= 11 is 2.96. The Morgan fingerprint density at radius 3 is 1.94 bits per heavy atom. The van der Waals surface area contributed by atoms with E-state index in [0.29, 0.717) is 0 Å². The fourth-order valence-electron chi connectivity index (χ4n) is 0.976. The first-order valence-corrected chi connectivity index (χ1v) is 6.00. The van der Waals surface area contributed by atoms with Crippen molar-refractivity contribution < 1.29 is 28.6 Å². The highest BCUT2D eigenvalue weighted by molar-refractivity contribution is 9.10. The van der Waals surface area contributed by atoms with Gasteiger partial charge in [0.2, 0.25) is 6.10 Å². The maximum atomic E-state index is 11.5. The zero-order chi connectivity index (χ0) is 13.4. The minimum absolute atomic E-state index is 0.124. The Bertz CT molecular complexity index is 291. The molecule has 17 heavy (non-hydrogen) atoms. The number of ether oxygens (including phenoxy) is 3. The van der Waals surface area contributed by atoms with E-state index in [4.69, 9.17) is 14.2 Å². The van der Waals surface area contributed by atoms with Crippen molar-refractivity contribution in [3.05, 3.63) is 0 Å². The van der Waals surface area contributed by atoms with Gasteiger partial charge in [-0.25, -0.2) is 4.79 Å². The molecule has 0 aromatic heterocycles. The molecule has 0 aliphatic carbocycles. The van der Waals surface area contributed by atoms with Crippen molar-refractivity contribution in [1.29, 1.82) is 0 Å². The highest BCUT2D eigenvalue weighted by Crippen LogP contribution is 2.14. The zero-order valence-electron chi connectivity index (χ0n) is 9.90. The first-order chi connectivity index (χ1) is 7.93. The average Bonchev–Trinajstić information content (AvgIpc) is 2.25. The monoisotopic (exact) mass is 310 g/mol. The number of carbonyl (C=O) groups is 3. The van der Waals surface area contributed by atoms with Crippen molar-refractivity contribution in [2.45, 2.75) is 31.7 Å². The van der Waals surface area contributed by atoms with Crippen LogP contribution in [0.25, 0.3) is 0 Å². The molecule has 0 saturated heterocycles. The molecule has 0 aliphatic rings. The maximum absolute atomic E-state index is 11.5. The first kappa shape index (κ1) is 15.9. The number of alkyl halides is 1. The molecule has 0 N–H and O–H groups in total. The SMILES string of the molecule is CCOC(=O)C(Br)C(OC(C)=O)C(=O)OCC. The Labute approximate surface area is 108 Å². The van der Waals surface area contributed by atoms with Crippen LogP contribution in [-0.4, -0.2) is 42.1 Å². The van der Waals surface area contributed by atoms with Crippen LogP contribution in [0.5, 0.6) is 0 Å². The molecule has 0 spiro atoms. The van der Waals surface area contributed by atoms with Gasteiger partial charge in [0.05, 0.1) is 13.2 Å². The summed E-state index contributed by atoms with van der Waals surface area (Å²) in [7, 11) is 0. The maximum Gasteiger partial charge on any atom is 0.349 e. The summed E-state index contributed by atoms with van der Waals surface area (Å²) in [6.07, 6.45) is -1.34. The van der Waals surface area contributed by atoms with Crippen LogP contribution in [-0.2, 0) is 28.6 Å². The fraction of sp³-hybridized carbons (Fsp3) is 0.700. The van der Waals surface area contributed by atoms with Crippen LogP contribution in [0.3, 0.4) is 0 Å². The van der Waals surface area contributed by atoms with E-state index in [1.165, 1.54) is 0 Å². The van der Waals surface area contributed by atoms with Crippen LogP contribution in [0.15, 0.2) is 0 Å². The van der Waals surface area contributed by atoms with E-state index >= 15 is 0 Å². The van der Waals surface area contributed by atoms with Crippen molar-refractivity contribution in [3.8, 4) is 0 Å². The van der Waals surface area contributed by atoms with Crippen molar-refractivity contribution in [1.82, 2.24) is 0 Å². The van der Waals surface area contributed by atoms with Gasteiger partial charge < -0.3 is 14.2 Å². The summed E-state index contributed by atoms with van der Waals surface area (Å²) in [5, 5.41) is 0. The van der Waals surface area contributed by atoms with Gasteiger partial charge in [0, 0.05) is 6.92 Å². The normalized spacial score (nSPS) is 13.4. The number of hydrogen-bond donors (Lipinski definition) is 0. The van der Waals surface area contributed by atoms with Gasteiger partial charge in [-0.2, -0.15) is 0 Å². The van der Waals surface area contributed by atoms with Gasteiger partial charge in [0.25, 0.3) is 0 Å². The van der Waals surface area contributed by atoms with Gasteiger partial charge in [-0.1, -0.05) is 15.9 Å². The highest BCUT2D eigenvalue weighted by atomic mass is 79.9. The summed E-state index contributed by atoms with van der Waals surface area (Å²) < 4.78 is 14.1. The topological polar surface area (TPSA) is 78.9 Å². The van der Waals surface area contributed by atoms with Crippen LogP contribution in [0.1, 0.15) is 20.8 Å². The number of esters is 3. The molecule has 0 heterocycles. The van der Waals surface area contributed by atoms with E-state index in [1.807, 2.05) is 0 Å². The van der Waals surface area contributed by atoms with Gasteiger partial charge in [-0.3, -0.25) is 9.59 Å². The van der Waals surface area contributed by atoms with Gasteiger partial charge in [-0.15, -0.1) is 0 Å². The Hall–Kier alpha value is -1.11. The second-order valence-corrected chi connectivity index (χ2v) is 3.92. The Balaban J connectivity index is 4.71. The van der Waals surface area contributed by atoms with Gasteiger partial charge in [0.15, 0.2) is 4.83 Å². The third-order valence-electron chi connectivity index (χ3n) is 1.59. The Kier molecular flexibility index (Phi) is 7.53. The zero-order valence-corrected chi connectivity index (χ0v) is 11.5. The standard InChI is InChI=1S/C10H15BrO6/c1-4-15-9(13)7(11)8(17-6(3)12)10(14)16-5-2/h7-8H,4-5H2,1-3H3. The second kappa shape index (κ2) is 8.05.